The number of carbonyl (C=O) groups excluding carboxylic acids is 2. The lowest BCUT2D eigenvalue weighted by molar-refractivity contribution is -0.129. The van der Waals surface area contributed by atoms with Crippen molar-refractivity contribution in [3.63, 3.8) is 0 Å². The van der Waals surface area contributed by atoms with Crippen LogP contribution in [0.3, 0.4) is 0 Å². The number of benzene rings is 2. The second-order valence-electron chi connectivity index (χ2n) is 6.96. The lowest BCUT2D eigenvalue weighted by Gasteiger charge is -2.13. The Balaban J connectivity index is 1.24. The van der Waals surface area contributed by atoms with E-state index in [1.807, 2.05) is 6.07 Å². The van der Waals surface area contributed by atoms with Gasteiger partial charge < -0.3 is 28.7 Å². The van der Waals surface area contributed by atoms with Crippen LogP contribution in [0.5, 0.6) is 17.2 Å². The van der Waals surface area contributed by atoms with Gasteiger partial charge in [-0.15, -0.1) is 0 Å². The molecule has 0 saturated heterocycles. The van der Waals surface area contributed by atoms with Crippen molar-refractivity contribution in [1.82, 2.24) is 5.32 Å². The van der Waals surface area contributed by atoms with E-state index in [1.54, 1.807) is 18.2 Å². The van der Waals surface area contributed by atoms with Gasteiger partial charge in [-0.05, 0) is 61.0 Å². The molecule has 32 heavy (non-hydrogen) atoms. The molecule has 1 unspecified atom stereocenters. The number of amides is 1. The van der Waals surface area contributed by atoms with Gasteiger partial charge in [0.25, 0.3) is 5.91 Å². The summed E-state index contributed by atoms with van der Waals surface area (Å²) in [6.45, 7) is 1.92. The Labute approximate surface area is 182 Å². The predicted molar refractivity (Wildman–Crippen MR) is 109 cm³/mol. The van der Waals surface area contributed by atoms with Gasteiger partial charge in [0.05, 0.1) is 0 Å². The van der Waals surface area contributed by atoms with Crippen LogP contribution in [-0.2, 0) is 22.7 Å². The van der Waals surface area contributed by atoms with Crippen LogP contribution < -0.4 is 19.5 Å². The van der Waals surface area contributed by atoms with E-state index in [2.05, 4.69) is 5.32 Å². The van der Waals surface area contributed by atoms with E-state index >= 15 is 0 Å². The smallest absolute Gasteiger partial charge is 0.375 e. The maximum absolute atomic E-state index is 12.9. The van der Waals surface area contributed by atoms with Gasteiger partial charge in [0.2, 0.25) is 12.6 Å². The quantitative estimate of drug-likeness (QED) is 0.534. The Morgan fingerprint density at radius 2 is 1.84 bits per heavy atom. The Kier molecular flexibility index (Phi) is 6.25. The van der Waals surface area contributed by atoms with Gasteiger partial charge in [-0.25, -0.2) is 9.18 Å². The number of fused-ring (bicyclic) bond motifs is 1. The third-order valence-electron chi connectivity index (χ3n) is 4.61. The molecule has 9 heteroatoms. The molecule has 0 fully saturated rings. The van der Waals surface area contributed by atoms with E-state index in [0.717, 1.165) is 5.56 Å². The summed E-state index contributed by atoms with van der Waals surface area (Å²) in [5, 5.41) is 2.70. The van der Waals surface area contributed by atoms with Crippen molar-refractivity contribution in [2.75, 3.05) is 6.79 Å². The molecule has 1 atom stereocenters. The minimum absolute atomic E-state index is 0.0461. The van der Waals surface area contributed by atoms with E-state index in [-0.39, 0.29) is 31.5 Å². The second-order valence-corrected chi connectivity index (χ2v) is 6.96. The summed E-state index contributed by atoms with van der Waals surface area (Å²) in [7, 11) is 0. The number of ether oxygens (including phenoxy) is 4. The molecule has 1 aliphatic heterocycles. The molecule has 0 saturated carbocycles. The van der Waals surface area contributed by atoms with Crippen molar-refractivity contribution in [3.05, 3.63) is 77.5 Å². The Hall–Kier alpha value is -4.01. The zero-order valence-corrected chi connectivity index (χ0v) is 17.1. The van der Waals surface area contributed by atoms with Crippen LogP contribution >= 0.6 is 0 Å². The number of nitrogens with one attached hydrogen (secondary N) is 1. The van der Waals surface area contributed by atoms with Crippen LogP contribution in [0, 0.1) is 5.82 Å². The third kappa shape index (κ3) is 5.18. The molecule has 1 aliphatic rings. The average molecular weight is 441 g/mol. The molecule has 0 bridgehead atoms. The van der Waals surface area contributed by atoms with Gasteiger partial charge in [0.15, 0.2) is 17.6 Å². The summed E-state index contributed by atoms with van der Waals surface area (Å²) in [5.41, 5.74) is 0.818. The molecule has 2 heterocycles. The number of rotatable bonds is 8. The standard InChI is InChI=1S/C23H20FNO7/c1-14(22(26)25-11-15-2-8-19-21(10-15)30-13-29-19)31-23(27)20-9-7-18(32-20)12-28-17-5-3-16(24)4-6-17/h2-10,14H,11-13H2,1H3,(H,25,26). The Morgan fingerprint density at radius 1 is 1.06 bits per heavy atom. The van der Waals surface area contributed by atoms with Crippen LogP contribution in [0.2, 0.25) is 0 Å². The van der Waals surface area contributed by atoms with E-state index in [9.17, 15) is 14.0 Å². The molecule has 4 rings (SSSR count). The highest BCUT2D eigenvalue weighted by Gasteiger charge is 2.21. The summed E-state index contributed by atoms with van der Waals surface area (Å²) in [5.74, 6) is 0.455. The normalized spacial score (nSPS) is 12.8. The molecule has 0 spiro atoms. The number of hydrogen-bond acceptors (Lipinski definition) is 7. The maximum Gasteiger partial charge on any atom is 0.375 e. The molecule has 0 radical (unpaired) electrons. The van der Waals surface area contributed by atoms with Gasteiger partial charge >= 0.3 is 5.97 Å². The van der Waals surface area contributed by atoms with Crippen molar-refractivity contribution in [2.45, 2.75) is 26.2 Å². The van der Waals surface area contributed by atoms with Gasteiger partial charge in [0, 0.05) is 6.54 Å². The summed E-state index contributed by atoms with van der Waals surface area (Å²) < 4.78 is 39.5. The second kappa shape index (κ2) is 9.42. The zero-order valence-electron chi connectivity index (χ0n) is 17.1. The molecule has 1 aromatic heterocycles. The summed E-state index contributed by atoms with van der Waals surface area (Å²) >= 11 is 0. The first-order valence-electron chi connectivity index (χ1n) is 9.82. The topological polar surface area (TPSA) is 96.2 Å². The number of esters is 1. The zero-order chi connectivity index (χ0) is 22.5. The van der Waals surface area contributed by atoms with Crippen LogP contribution in [0.1, 0.15) is 28.8 Å². The number of hydrogen-bond donors (Lipinski definition) is 1. The number of furan rings is 1. The number of halogens is 1. The van der Waals surface area contributed by atoms with Crippen LogP contribution in [0.25, 0.3) is 0 Å². The highest BCUT2D eigenvalue weighted by Crippen LogP contribution is 2.32. The first-order chi connectivity index (χ1) is 15.5. The fraction of sp³-hybridized carbons (Fsp3) is 0.217. The minimum Gasteiger partial charge on any atom is -0.486 e. The maximum atomic E-state index is 12.9. The average Bonchev–Trinajstić information content (AvgIpc) is 3.46. The first kappa shape index (κ1) is 21.2. The van der Waals surface area contributed by atoms with Crippen molar-refractivity contribution in [3.8, 4) is 17.2 Å². The van der Waals surface area contributed by atoms with Gasteiger partial charge in [0.1, 0.15) is 23.9 Å². The van der Waals surface area contributed by atoms with Gasteiger partial charge in [-0.2, -0.15) is 0 Å². The molecule has 0 aliphatic carbocycles. The first-order valence-corrected chi connectivity index (χ1v) is 9.82. The lowest BCUT2D eigenvalue weighted by Crippen LogP contribution is -2.35. The van der Waals surface area contributed by atoms with Crippen molar-refractivity contribution < 1.29 is 37.3 Å². The van der Waals surface area contributed by atoms with Crippen molar-refractivity contribution >= 4 is 11.9 Å². The molecule has 3 aromatic rings. The minimum atomic E-state index is -1.03. The van der Waals surface area contributed by atoms with Crippen molar-refractivity contribution in [2.24, 2.45) is 0 Å². The molecular weight excluding hydrogens is 421 g/mol. The Morgan fingerprint density at radius 3 is 2.66 bits per heavy atom. The Bertz CT molecular complexity index is 1110. The summed E-state index contributed by atoms with van der Waals surface area (Å²) in [6.07, 6.45) is -1.03. The monoisotopic (exact) mass is 441 g/mol. The van der Waals surface area contributed by atoms with E-state index in [4.69, 9.17) is 23.4 Å². The molecule has 8 nitrogen and oxygen atoms in total. The summed E-state index contributed by atoms with van der Waals surface area (Å²) in [4.78, 5) is 24.6. The van der Waals surface area contributed by atoms with Crippen molar-refractivity contribution in [1.29, 1.82) is 0 Å². The molecular formula is C23H20FNO7. The lowest BCUT2D eigenvalue weighted by atomic mass is 10.2. The van der Waals surface area contributed by atoms with Gasteiger partial charge in [-0.1, -0.05) is 6.07 Å². The van der Waals surface area contributed by atoms with E-state index in [1.165, 1.54) is 37.3 Å². The highest BCUT2D eigenvalue weighted by atomic mass is 19.1. The number of carbonyl (C=O) groups is 2. The molecule has 1 N–H and O–H groups in total. The van der Waals surface area contributed by atoms with Gasteiger partial charge in [-0.3, -0.25) is 4.79 Å². The van der Waals surface area contributed by atoms with E-state index in [0.29, 0.717) is 23.0 Å². The largest absolute Gasteiger partial charge is 0.486 e. The molecule has 2 aromatic carbocycles. The molecule has 1 amide bonds. The third-order valence-corrected chi connectivity index (χ3v) is 4.61. The van der Waals surface area contributed by atoms with E-state index < -0.39 is 18.0 Å². The summed E-state index contributed by atoms with van der Waals surface area (Å²) in [6, 6.07) is 13.9. The predicted octanol–water partition coefficient (Wildman–Crippen LogP) is 3.59. The van der Waals surface area contributed by atoms with Crippen LogP contribution in [-0.4, -0.2) is 24.8 Å². The van der Waals surface area contributed by atoms with Crippen LogP contribution in [0.4, 0.5) is 4.39 Å². The van der Waals surface area contributed by atoms with Crippen LogP contribution in [0.15, 0.2) is 59.0 Å². The SMILES string of the molecule is CC(OC(=O)c1ccc(COc2ccc(F)cc2)o1)C(=O)NCc1ccc2c(c1)OCO2. The molecule has 166 valence electrons. The fourth-order valence-corrected chi connectivity index (χ4v) is 2.91. The highest BCUT2D eigenvalue weighted by molar-refractivity contribution is 5.90. The fourth-order valence-electron chi connectivity index (χ4n) is 2.91.